The Labute approximate surface area is 199 Å². The highest BCUT2D eigenvalue weighted by molar-refractivity contribution is 6.15. The van der Waals surface area contributed by atoms with Crippen LogP contribution in [0.1, 0.15) is 37.8 Å². The molecule has 0 aromatic heterocycles. The van der Waals surface area contributed by atoms with Crippen molar-refractivity contribution < 1.29 is 9.13 Å². The Kier molecular flexibility index (Phi) is 8.14. The minimum Gasteiger partial charge on any atom is -0.456 e. The molecule has 0 aliphatic carbocycles. The van der Waals surface area contributed by atoms with E-state index in [2.05, 4.69) is 33.5 Å². The number of aliphatic imine (C=N–C) groups is 1. The molecule has 1 aliphatic heterocycles. The first-order chi connectivity index (χ1) is 16.3. The van der Waals surface area contributed by atoms with Gasteiger partial charge in [0.05, 0.1) is 23.2 Å². The minimum absolute atomic E-state index is 0.106. The van der Waals surface area contributed by atoms with Crippen molar-refractivity contribution in [3.05, 3.63) is 65.1 Å². The third-order valence-electron chi connectivity index (χ3n) is 5.68. The molecule has 0 fully saturated rings. The first-order valence-corrected chi connectivity index (χ1v) is 11.1. The van der Waals surface area contributed by atoms with Crippen LogP contribution in [0.3, 0.4) is 0 Å². The maximum Gasteiger partial charge on any atom is 0.136 e. The number of nitrogens with two attached hydrogens (primary N) is 1. The van der Waals surface area contributed by atoms with Crippen LogP contribution < -0.4 is 15.8 Å². The Balaban J connectivity index is 2.04. The summed E-state index contributed by atoms with van der Waals surface area (Å²) >= 11 is 0. The number of nitrogens with zero attached hydrogens (tertiary/aromatic N) is 4. The Morgan fingerprint density at radius 2 is 2.03 bits per heavy atom. The predicted molar refractivity (Wildman–Crippen MR) is 135 cm³/mol. The van der Waals surface area contributed by atoms with Gasteiger partial charge in [0.2, 0.25) is 0 Å². The fraction of sp³-hybridized carbons (Fsp3) is 0.308. The van der Waals surface area contributed by atoms with Gasteiger partial charge in [0.15, 0.2) is 0 Å². The lowest BCUT2D eigenvalue weighted by molar-refractivity contribution is 0.475. The third-order valence-corrected chi connectivity index (χ3v) is 5.68. The molecule has 3 rings (SSSR count). The second-order valence-corrected chi connectivity index (χ2v) is 8.17. The summed E-state index contributed by atoms with van der Waals surface area (Å²) in [5, 5.41) is 21.1. The number of anilines is 1. The zero-order valence-corrected chi connectivity index (χ0v) is 19.9. The van der Waals surface area contributed by atoms with Crippen molar-refractivity contribution in [3.8, 4) is 17.6 Å². The van der Waals surface area contributed by atoms with Crippen LogP contribution in [0.15, 0.2) is 63.4 Å². The number of ether oxygens (including phenoxy) is 1. The molecule has 1 unspecified atom stereocenters. The number of nitrogen functional groups attached to an aromatic ring is 1. The number of allylic oxidation sites excluding steroid dienone is 2. The highest BCUT2D eigenvalue weighted by Gasteiger charge is 2.18. The van der Waals surface area contributed by atoms with Crippen molar-refractivity contribution >= 4 is 22.8 Å². The second-order valence-electron chi connectivity index (χ2n) is 8.17. The van der Waals surface area contributed by atoms with Crippen LogP contribution in [0.25, 0.3) is 0 Å². The smallest absolute Gasteiger partial charge is 0.136 e. The number of benzene rings is 2. The van der Waals surface area contributed by atoms with Crippen molar-refractivity contribution in [2.45, 2.75) is 33.6 Å². The van der Waals surface area contributed by atoms with Gasteiger partial charge < -0.3 is 15.8 Å². The third kappa shape index (κ3) is 6.07. The number of hydrogen-bond donors (Lipinski definition) is 2. The minimum atomic E-state index is -0.328. The van der Waals surface area contributed by atoms with Crippen LogP contribution in [0, 0.1) is 30.0 Å². The van der Waals surface area contributed by atoms with Gasteiger partial charge in [-0.1, -0.05) is 6.92 Å². The quantitative estimate of drug-likeness (QED) is 0.337. The van der Waals surface area contributed by atoms with E-state index in [0.717, 1.165) is 17.8 Å². The van der Waals surface area contributed by atoms with Gasteiger partial charge in [0, 0.05) is 24.0 Å². The molecule has 0 bridgehead atoms. The van der Waals surface area contributed by atoms with Crippen molar-refractivity contribution in [1.82, 2.24) is 5.32 Å². The fourth-order valence-electron chi connectivity index (χ4n) is 3.49. The molecule has 0 saturated carbocycles. The summed E-state index contributed by atoms with van der Waals surface area (Å²) in [7, 11) is 1.67. The highest BCUT2D eigenvalue weighted by atomic mass is 19.1. The highest BCUT2D eigenvalue weighted by Crippen LogP contribution is 2.31. The molecule has 3 N–H and O–H groups in total. The molecule has 176 valence electrons. The van der Waals surface area contributed by atoms with E-state index >= 15 is 0 Å². The molecular weight excluding hydrogens is 431 g/mol. The zero-order chi connectivity index (χ0) is 24.7. The Bertz CT molecular complexity index is 1220. The van der Waals surface area contributed by atoms with Crippen LogP contribution in [-0.2, 0) is 0 Å². The van der Waals surface area contributed by atoms with Gasteiger partial charge in [0.1, 0.15) is 23.9 Å². The van der Waals surface area contributed by atoms with E-state index in [9.17, 15) is 4.39 Å². The molecule has 8 heteroatoms. The SMILES string of the molecule is CN=C(/C=C(/NCC#N)C1=NN=C(C)C(C)CC1)c1cc(N)ccc1Oc1ccc(F)cc1C. The van der Waals surface area contributed by atoms with Crippen molar-refractivity contribution in [3.63, 3.8) is 0 Å². The summed E-state index contributed by atoms with van der Waals surface area (Å²) in [6, 6.07) is 11.7. The lowest BCUT2D eigenvalue weighted by Gasteiger charge is -2.16. The largest absolute Gasteiger partial charge is 0.456 e. The molecule has 0 saturated heterocycles. The number of nitriles is 1. The van der Waals surface area contributed by atoms with E-state index in [4.69, 9.17) is 15.7 Å². The van der Waals surface area contributed by atoms with Gasteiger partial charge >= 0.3 is 0 Å². The summed E-state index contributed by atoms with van der Waals surface area (Å²) in [6.07, 6.45) is 3.43. The summed E-state index contributed by atoms with van der Waals surface area (Å²) in [5.41, 5.74) is 10.9. The topological polar surface area (TPSA) is 108 Å². The van der Waals surface area contributed by atoms with Gasteiger partial charge in [-0.25, -0.2) is 4.39 Å². The molecule has 2 aromatic rings. The first-order valence-electron chi connectivity index (χ1n) is 11.1. The van der Waals surface area contributed by atoms with E-state index < -0.39 is 0 Å². The number of hydrogen-bond acceptors (Lipinski definition) is 7. The number of aryl methyl sites for hydroxylation is 1. The van der Waals surface area contributed by atoms with Crippen LogP contribution in [0.2, 0.25) is 0 Å². The summed E-state index contributed by atoms with van der Waals surface area (Å²) in [5.74, 6) is 1.05. The maximum atomic E-state index is 13.6. The molecule has 2 aromatic carbocycles. The lowest BCUT2D eigenvalue weighted by atomic mass is 9.98. The average molecular weight is 461 g/mol. The first kappa shape index (κ1) is 24.6. The summed E-state index contributed by atoms with van der Waals surface area (Å²) in [4.78, 5) is 4.47. The molecule has 0 spiro atoms. The van der Waals surface area contributed by atoms with Gasteiger partial charge in [-0.15, -0.1) is 0 Å². The van der Waals surface area contributed by atoms with Crippen LogP contribution in [-0.4, -0.2) is 30.7 Å². The summed E-state index contributed by atoms with van der Waals surface area (Å²) in [6.45, 7) is 5.98. The van der Waals surface area contributed by atoms with E-state index in [1.54, 1.807) is 38.2 Å². The maximum absolute atomic E-state index is 13.6. The lowest BCUT2D eigenvalue weighted by Crippen LogP contribution is -2.22. The number of halogens is 1. The van der Waals surface area contributed by atoms with Gasteiger partial charge in [0.25, 0.3) is 0 Å². The van der Waals surface area contributed by atoms with E-state index in [1.807, 2.05) is 13.0 Å². The van der Waals surface area contributed by atoms with Crippen LogP contribution >= 0.6 is 0 Å². The number of rotatable bonds is 7. The van der Waals surface area contributed by atoms with E-state index in [-0.39, 0.29) is 12.4 Å². The molecule has 1 aliphatic rings. The normalized spacial score (nSPS) is 16.8. The van der Waals surface area contributed by atoms with Crippen molar-refractivity contribution in [1.29, 1.82) is 5.26 Å². The molecule has 1 atom stereocenters. The Hall–Kier alpha value is -3.99. The average Bonchev–Trinajstić information content (AvgIpc) is 2.98. The molecule has 34 heavy (non-hydrogen) atoms. The number of nitrogens with one attached hydrogen (secondary N) is 1. The summed E-state index contributed by atoms with van der Waals surface area (Å²) < 4.78 is 19.7. The van der Waals surface area contributed by atoms with Gasteiger partial charge in [-0.2, -0.15) is 15.5 Å². The van der Waals surface area contributed by atoms with Crippen molar-refractivity contribution in [2.24, 2.45) is 21.1 Å². The zero-order valence-electron chi connectivity index (χ0n) is 19.9. The van der Waals surface area contributed by atoms with Crippen molar-refractivity contribution in [2.75, 3.05) is 19.3 Å². The van der Waals surface area contributed by atoms with Crippen LogP contribution in [0.5, 0.6) is 11.5 Å². The molecule has 0 radical (unpaired) electrons. The molecule has 0 amide bonds. The standard InChI is InChI=1S/C26H29FN6O/c1-16-5-8-22(33-32-18(16)3)24(31-12-11-28)15-23(30-4)21-14-20(29)7-10-26(21)34-25-9-6-19(27)13-17(25)2/h6-7,9-10,13-16,31H,5,8,12,29H2,1-4H3/b24-15+,30-23?. The molecule has 1 heterocycles. The Morgan fingerprint density at radius 1 is 1.26 bits per heavy atom. The second kappa shape index (κ2) is 11.2. The van der Waals surface area contributed by atoms with Crippen LogP contribution in [0.4, 0.5) is 10.1 Å². The van der Waals surface area contributed by atoms with E-state index in [0.29, 0.717) is 52.1 Å². The van der Waals surface area contributed by atoms with E-state index in [1.165, 1.54) is 12.1 Å². The van der Waals surface area contributed by atoms with Gasteiger partial charge in [-0.3, -0.25) is 4.99 Å². The molecular formula is C26H29FN6O. The Morgan fingerprint density at radius 3 is 2.74 bits per heavy atom. The molecule has 7 nitrogen and oxygen atoms in total. The fourth-order valence-corrected chi connectivity index (χ4v) is 3.49. The predicted octanol–water partition coefficient (Wildman–Crippen LogP) is 5.17. The monoisotopic (exact) mass is 460 g/mol. The van der Waals surface area contributed by atoms with Gasteiger partial charge in [-0.05, 0) is 80.6 Å².